The molecule has 0 atom stereocenters. The maximum atomic E-state index is 11.2. The number of nitrogens with zero attached hydrogens (tertiary/aromatic N) is 1. The summed E-state index contributed by atoms with van der Waals surface area (Å²) < 4.78 is 4.83. The Morgan fingerprint density at radius 1 is 1.42 bits per heavy atom. The van der Waals surface area contributed by atoms with Crippen molar-refractivity contribution in [3.8, 4) is 0 Å². The van der Waals surface area contributed by atoms with Gasteiger partial charge in [-0.2, -0.15) is 0 Å². The Balaban J connectivity index is 2.34. The van der Waals surface area contributed by atoms with Crippen LogP contribution in [0, 0.1) is 6.92 Å². The van der Waals surface area contributed by atoms with Crippen molar-refractivity contribution in [1.82, 2.24) is 4.98 Å². The van der Waals surface area contributed by atoms with Crippen LogP contribution >= 0.6 is 11.6 Å². The normalized spacial score (nSPS) is 11.1. The highest BCUT2D eigenvalue weighted by molar-refractivity contribution is 6.35. The van der Waals surface area contributed by atoms with Gasteiger partial charge in [-0.15, -0.1) is 0 Å². The summed E-state index contributed by atoms with van der Waals surface area (Å²) in [6, 6.07) is 7.51. The molecule has 0 radical (unpaired) electrons. The number of aromatic nitrogens is 1. The smallest absolute Gasteiger partial charge is 0.330 e. The molecule has 1 aromatic carbocycles. The number of ether oxygens (including phenoxy) is 1. The van der Waals surface area contributed by atoms with Gasteiger partial charge in [-0.1, -0.05) is 23.7 Å². The van der Waals surface area contributed by atoms with Crippen LogP contribution in [0.25, 0.3) is 17.0 Å². The first kappa shape index (κ1) is 13.6. The third-order valence-corrected chi connectivity index (χ3v) is 2.92. The standard InChI is InChI=1S/C15H14ClNO2/c1-3-19-15(18)7-5-11-4-6-12-13(16)8-10(2)17-14(12)9-11/h4-9H,3H2,1-2H3/b7-5+. The number of fused-ring (bicyclic) bond motifs is 1. The molecule has 0 N–H and O–H groups in total. The highest BCUT2D eigenvalue weighted by atomic mass is 35.5. The summed E-state index contributed by atoms with van der Waals surface area (Å²) in [5.41, 5.74) is 2.56. The Labute approximate surface area is 116 Å². The van der Waals surface area contributed by atoms with E-state index in [4.69, 9.17) is 16.3 Å². The second kappa shape index (κ2) is 5.85. The maximum absolute atomic E-state index is 11.2. The number of rotatable bonds is 3. The predicted molar refractivity (Wildman–Crippen MR) is 77.2 cm³/mol. The van der Waals surface area contributed by atoms with E-state index < -0.39 is 0 Å². The number of hydrogen-bond acceptors (Lipinski definition) is 3. The van der Waals surface area contributed by atoms with Crippen molar-refractivity contribution in [1.29, 1.82) is 0 Å². The lowest BCUT2D eigenvalue weighted by Gasteiger charge is -2.03. The molecule has 0 amide bonds. The van der Waals surface area contributed by atoms with Crippen LogP contribution in [-0.2, 0) is 9.53 Å². The van der Waals surface area contributed by atoms with E-state index in [0.29, 0.717) is 11.6 Å². The Morgan fingerprint density at radius 3 is 2.95 bits per heavy atom. The third kappa shape index (κ3) is 3.32. The molecule has 0 fully saturated rings. The number of carbonyl (C=O) groups excluding carboxylic acids is 1. The SMILES string of the molecule is CCOC(=O)/C=C/c1ccc2c(Cl)cc(C)nc2c1. The average molecular weight is 276 g/mol. The second-order valence-corrected chi connectivity index (χ2v) is 4.51. The van der Waals surface area contributed by atoms with Crippen molar-refractivity contribution in [2.24, 2.45) is 0 Å². The number of aryl methyl sites for hydroxylation is 1. The number of halogens is 1. The van der Waals surface area contributed by atoms with E-state index in [1.54, 1.807) is 13.0 Å². The average Bonchev–Trinajstić information content (AvgIpc) is 2.36. The Bertz CT molecular complexity index is 650. The molecule has 0 aliphatic rings. The highest BCUT2D eigenvalue weighted by Crippen LogP contribution is 2.24. The fourth-order valence-electron chi connectivity index (χ4n) is 1.78. The number of benzene rings is 1. The number of esters is 1. The summed E-state index contributed by atoms with van der Waals surface area (Å²) in [6.07, 6.45) is 3.11. The number of carbonyl (C=O) groups is 1. The quantitative estimate of drug-likeness (QED) is 0.632. The molecule has 4 heteroatoms. The van der Waals surface area contributed by atoms with Gasteiger partial charge in [0, 0.05) is 17.2 Å². The maximum Gasteiger partial charge on any atom is 0.330 e. The largest absolute Gasteiger partial charge is 0.463 e. The van der Waals surface area contributed by atoms with E-state index in [-0.39, 0.29) is 5.97 Å². The molecule has 0 unspecified atom stereocenters. The van der Waals surface area contributed by atoms with Crippen LogP contribution in [0.15, 0.2) is 30.3 Å². The molecule has 0 saturated carbocycles. The summed E-state index contributed by atoms with van der Waals surface area (Å²) in [7, 11) is 0. The van der Waals surface area contributed by atoms with Crippen LogP contribution in [0.3, 0.4) is 0 Å². The minimum absolute atomic E-state index is 0.349. The fourth-order valence-corrected chi connectivity index (χ4v) is 2.10. The van der Waals surface area contributed by atoms with Gasteiger partial charge in [0.2, 0.25) is 0 Å². The minimum atomic E-state index is -0.349. The lowest BCUT2D eigenvalue weighted by molar-refractivity contribution is -0.137. The Hall–Kier alpha value is -1.87. The van der Waals surface area contributed by atoms with Gasteiger partial charge in [-0.05, 0) is 37.6 Å². The van der Waals surface area contributed by atoms with E-state index >= 15 is 0 Å². The first-order valence-electron chi connectivity index (χ1n) is 6.02. The van der Waals surface area contributed by atoms with Crippen LogP contribution in [0.4, 0.5) is 0 Å². The van der Waals surface area contributed by atoms with Crippen molar-refractivity contribution in [3.63, 3.8) is 0 Å². The van der Waals surface area contributed by atoms with Crippen molar-refractivity contribution >= 4 is 34.5 Å². The zero-order chi connectivity index (χ0) is 13.8. The molecule has 19 heavy (non-hydrogen) atoms. The first-order valence-corrected chi connectivity index (χ1v) is 6.39. The van der Waals surface area contributed by atoms with Gasteiger partial charge in [0.05, 0.1) is 17.1 Å². The molecule has 0 spiro atoms. The molecule has 3 nitrogen and oxygen atoms in total. The summed E-state index contributed by atoms with van der Waals surface area (Å²) in [6.45, 7) is 4.04. The second-order valence-electron chi connectivity index (χ2n) is 4.11. The van der Waals surface area contributed by atoms with Gasteiger partial charge in [0.15, 0.2) is 0 Å². The summed E-state index contributed by atoms with van der Waals surface area (Å²) >= 11 is 6.15. The van der Waals surface area contributed by atoms with Gasteiger partial charge in [-0.25, -0.2) is 4.79 Å². The lowest BCUT2D eigenvalue weighted by Crippen LogP contribution is -1.98. The monoisotopic (exact) mass is 275 g/mol. The van der Waals surface area contributed by atoms with E-state index in [0.717, 1.165) is 22.2 Å². The molecule has 1 aromatic heterocycles. The molecule has 2 rings (SSSR count). The van der Waals surface area contributed by atoms with Gasteiger partial charge < -0.3 is 4.74 Å². The van der Waals surface area contributed by atoms with E-state index in [1.165, 1.54) is 6.08 Å². The van der Waals surface area contributed by atoms with Crippen LogP contribution in [-0.4, -0.2) is 17.6 Å². The summed E-state index contributed by atoms with van der Waals surface area (Å²) in [5, 5.41) is 1.59. The molecule has 2 aromatic rings. The lowest BCUT2D eigenvalue weighted by atomic mass is 10.1. The van der Waals surface area contributed by atoms with Gasteiger partial charge >= 0.3 is 5.97 Å². The Kier molecular flexibility index (Phi) is 4.17. The molecule has 0 aliphatic heterocycles. The number of hydrogen-bond donors (Lipinski definition) is 0. The molecular weight excluding hydrogens is 262 g/mol. The minimum Gasteiger partial charge on any atom is -0.463 e. The fraction of sp³-hybridized carbons (Fsp3) is 0.200. The topological polar surface area (TPSA) is 39.2 Å². The van der Waals surface area contributed by atoms with Crippen LogP contribution in [0.1, 0.15) is 18.2 Å². The molecule has 0 aliphatic carbocycles. The zero-order valence-corrected chi connectivity index (χ0v) is 11.6. The number of pyridine rings is 1. The van der Waals surface area contributed by atoms with Gasteiger partial charge in [-0.3, -0.25) is 4.98 Å². The van der Waals surface area contributed by atoms with Gasteiger partial charge in [0.25, 0.3) is 0 Å². The third-order valence-electron chi connectivity index (χ3n) is 2.61. The van der Waals surface area contributed by atoms with Crippen molar-refractivity contribution < 1.29 is 9.53 Å². The molecule has 0 bridgehead atoms. The van der Waals surface area contributed by atoms with Crippen molar-refractivity contribution in [3.05, 3.63) is 46.6 Å². The van der Waals surface area contributed by atoms with Crippen LogP contribution in [0.2, 0.25) is 5.02 Å². The summed E-state index contributed by atoms with van der Waals surface area (Å²) in [4.78, 5) is 15.7. The van der Waals surface area contributed by atoms with Crippen LogP contribution in [0.5, 0.6) is 0 Å². The van der Waals surface area contributed by atoms with E-state index in [9.17, 15) is 4.79 Å². The van der Waals surface area contributed by atoms with Gasteiger partial charge in [0.1, 0.15) is 0 Å². The van der Waals surface area contributed by atoms with Crippen molar-refractivity contribution in [2.45, 2.75) is 13.8 Å². The molecule has 1 heterocycles. The Morgan fingerprint density at radius 2 is 2.21 bits per heavy atom. The molecule has 0 saturated heterocycles. The molecular formula is C15H14ClNO2. The molecule has 98 valence electrons. The van der Waals surface area contributed by atoms with Crippen LogP contribution < -0.4 is 0 Å². The first-order chi connectivity index (χ1) is 9.10. The van der Waals surface area contributed by atoms with Crippen molar-refractivity contribution in [2.75, 3.05) is 6.61 Å². The summed E-state index contributed by atoms with van der Waals surface area (Å²) in [5.74, 6) is -0.349. The highest BCUT2D eigenvalue weighted by Gasteiger charge is 2.02. The van der Waals surface area contributed by atoms with E-state index in [2.05, 4.69) is 4.98 Å². The predicted octanol–water partition coefficient (Wildman–Crippen LogP) is 3.77. The zero-order valence-electron chi connectivity index (χ0n) is 10.8. The van der Waals surface area contributed by atoms with E-state index in [1.807, 2.05) is 31.2 Å².